The van der Waals surface area contributed by atoms with Crippen LogP contribution in [0.2, 0.25) is 0 Å². The average molecular weight is 265 g/mol. The number of rotatable bonds is 3. The minimum Gasteiger partial charge on any atom is -0.381 e. The first-order valence-corrected chi connectivity index (χ1v) is 5.57. The van der Waals surface area contributed by atoms with Gasteiger partial charge in [0.15, 0.2) is 5.82 Å². The fraction of sp³-hybridized carbons (Fsp3) is 0.273. The second-order valence-corrected chi connectivity index (χ2v) is 4.32. The van der Waals surface area contributed by atoms with Gasteiger partial charge in [-0.05, 0) is 12.0 Å². The zero-order chi connectivity index (χ0) is 14.2. The summed E-state index contributed by atoms with van der Waals surface area (Å²) < 4.78 is 14.5. The number of nitro benzene ring substituents is 1. The number of benzene rings is 1. The second kappa shape index (κ2) is 4.63. The van der Waals surface area contributed by atoms with Crippen LogP contribution in [0.1, 0.15) is 25.5 Å². The largest absolute Gasteiger partial charge is 0.381 e. The van der Waals surface area contributed by atoms with E-state index in [1.807, 2.05) is 13.8 Å². The lowest BCUT2D eigenvalue weighted by Gasteiger charge is -2.09. The van der Waals surface area contributed by atoms with Crippen LogP contribution < -0.4 is 5.73 Å². The van der Waals surface area contributed by atoms with Crippen molar-refractivity contribution < 1.29 is 9.31 Å². The Morgan fingerprint density at radius 2 is 2.16 bits per heavy atom. The third kappa shape index (κ3) is 2.24. The molecule has 8 heteroatoms. The second-order valence-electron chi connectivity index (χ2n) is 4.32. The molecular weight excluding hydrogens is 253 g/mol. The molecule has 0 fully saturated rings. The molecule has 0 amide bonds. The minimum atomic E-state index is -0.600. The fourth-order valence-electron chi connectivity index (χ4n) is 1.84. The summed E-state index contributed by atoms with van der Waals surface area (Å²) in [5.74, 6) is -0.476. The number of hydrogen-bond donors (Lipinski definition) is 1. The van der Waals surface area contributed by atoms with Gasteiger partial charge in [0.05, 0.1) is 10.6 Å². The van der Waals surface area contributed by atoms with Crippen LogP contribution in [-0.4, -0.2) is 19.9 Å². The number of anilines is 1. The van der Waals surface area contributed by atoms with Crippen molar-refractivity contribution >= 4 is 11.5 Å². The Morgan fingerprint density at radius 3 is 2.74 bits per heavy atom. The highest BCUT2D eigenvalue weighted by Crippen LogP contribution is 2.28. The summed E-state index contributed by atoms with van der Waals surface area (Å²) in [6, 6.07) is 3.15. The zero-order valence-electron chi connectivity index (χ0n) is 10.4. The van der Waals surface area contributed by atoms with Crippen LogP contribution in [0.25, 0.3) is 5.69 Å². The van der Waals surface area contributed by atoms with Crippen molar-refractivity contribution in [2.45, 2.75) is 19.8 Å². The number of nitrogens with zero attached hydrogens (tertiary/aromatic N) is 4. The Labute approximate surface area is 108 Å². The maximum atomic E-state index is 13.3. The van der Waals surface area contributed by atoms with Crippen molar-refractivity contribution in [3.63, 3.8) is 0 Å². The lowest BCUT2D eigenvalue weighted by atomic mass is 10.1. The molecule has 0 aliphatic heterocycles. The Bertz CT molecular complexity index is 638. The van der Waals surface area contributed by atoms with E-state index in [9.17, 15) is 14.5 Å². The van der Waals surface area contributed by atoms with E-state index in [1.54, 1.807) is 0 Å². The predicted molar refractivity (Wildman–Crippen MR) is 66.5 cm³/mol. The summed E-state index contributed by atoms with van der Waals surface area (Å²) in [5.41, 5.74) is 5.95. The highest BCUT2D eigenvalue weighted by Gasteiger charge is 2.22. The van der Waals surface area contributed by atoms with Gasteiger partial charge in [-0.15, -0.1) is 5.10 Å². The number of hydrogen-bond acceptors (Lipinski definition) is 5. The number of halogens is 1. The molecule has 2 rings (SSSR count). The highest BCUT2D eigenvalue weighted by atomic mass is 19.1. The maximum Gasteiger partial charge on any atom is 0.295 e. The van der Waals surface area contributed by atoms with E-state index in [-0.39, 0.29) is 23.1 Å². The first-order valence-electron chi connectivity index (χ1n) is 5.57. The van der Waals surface area contributed by atoms with Crippen LogP contribution in [0.15, 0.2) is 18.2 Å². The molecule has 1 aromatic heterocycles. The number of nitrogen functional groups attached to an aromatic ring is 1. The molecule has 0 radical (unpaired) electrons. The smallest absolute Gasteiger partial charge is 0.295 e. The number of nitrogens with two attached hydrogens (primary N) is 1. The van der Waals surface area contributed by atoms with Gasteiger partial charge >= 0.3 is 0 Å². The third-order valence-electron chi connectivity index (χ3n) is 2.64. The maximum absolute atomic E-state index is 13.3. The van der Waals surface area contributed by atoms with Crippen molar-refractivity contribution in [3.8, 4) is 5.69 Å². The SMILES string of the molecule is CC(C)c1c(N)nnn1-c1cc(F)ccc1[N+](=O)[O-]. The molecule has 0 aliphatic rings. The van der Waals surface area contributed by atoms with Crippen LogP contribution in [0.4, 0.5) is 15.9 Å². The van der Waals surface area contributed by atoms with E-state index in [4.69, 9.17) is 5.73 Å². The highest BCUT2D eigenvalue weighted by molar-refractivity contribution is 5.54. The lowest BCUT2D eigenvalue weighted by molar-refractivity contribution is -0.384. The Hall–Kier alpha value is -2.51. The first-order chi connectivity index (χ1) is 8.91. The monoisotopic (exact) mass is 265 g/mol. The Morgan fingerprint density at radius 1 is 1.47 bits per heavy atom. The first kappa shape index (κ1) is 12.9. The van der Waals surface area contributed by atoms with Crippen LogP contribution >= 0.6 is 0 Å². The minimum absolute atomic E-state index is 0.0119. The average Bonchev–Trinajstić information content (AvgIpc) is 2.70. The molecule has 2 N–H and O–H groups in total. The van der Waals surface area contributed by atoms with Gasteiger partial charge in [0.2, 0.25) is 0 Å². The molecule has 0 unspecified atom stereocenters. The molecule has 0 atom stereocenters. The molecule has 100 valence electrons. The van der Waals surface area contributed by atoms with E-state index in [0.29, 0.717) is 5.69 Å². The predicted octanol–water partition coefficient (Wildman–Crippen LogP) is 2.02. The molecule has 0 saturated carbocycles. The molecule has 0 bridgehead atoms. The van der Waals surface area contributed by atoms with E-state index >= 15 is 0 Å². The van der Waals surface area contributed by atoms with Crippen molar-refractivity contribution in [1.82, 2.24) is 15.0 Å². The molecule has 1 aromatic carbocycles. The van der Waals surface area contributed by atoms with Gasteiger partial charge in [-0.3, -0.25) is 10.1 Å². The third-order valence-corrected chi connectivity index (χ3v) is 2.64. The van der Waals surface area contributed by atoms with Crippen molar-refractivity contribution in [2.24, 2.45) is 0 Å². The fourth-order valence-corrected chi connectivity index (χ4v) is 1.84. The zero-order valence-corrected chi connectivity index (χ0v) is 10.4. The van der Waals surface area contributed by atoms with Crippen LogP contribution in [0.3, 0.4) is 0 Å². The summed E-state index contributed by atoms with van der Waals surface area (Å²) >= 11 is 0. The van der Waals surface area contributed by atoms with Gasteiger partial charge in [-0.2, -0.15) is 0 Å². The van der Waals surface area contributed by atoms with E-state index in [0.717, 1.165) is 18.2 Å². The van der Waals surface area contributed by atoms with E-state index in [2.05, 4.69) is 10.3 Å². The van der Waals surface area contributed by atoms with Crippen molar-refractivity contribution in [2.75, 3.05) is 5.73 Å². The standard InChI is InChI=1S/C11H12FN5O2/c1-6(2)10-11(13)14-15-16(10)9-5-7(12)3-4-8(9)17(18)19/h3-6H,13H2,1-2H3. The lowest BCUT2D eigenvalue weighted by Crippen LogP contribution is -2.08. The Kier molecular flexibility index (Phi) is 3.16. The van der Waals surface area contributed by atoms with E-state index in [1.165, 1.54) is 4.68 Å². The van der Waals surface area contributed by atoms with Crippen LogP contribution in [0.5, 0.6) is 0 Å². The molecule has 0 saturated heterocycles. The normalized spacial score (nSPS) is 10.9. The molecule has 7 nitrogen and oxygen atoms in total. The summed E-state index contributed by atoms with van der Waals surface area (Å²) in [5, 5.41) is 18.4. The van der Waals surface area contributed by atoms with Gasteiger partial charge in [-0.1, -0.05) is 19.1 Å². The summed E-state index contributed by atoms with van der Waals surface area (Å²) in [6.07, 6.45) is 0. The summed E-state index contributed by atoms with van der Waals surface area (Å²) in [7, 11) is 0. The van der Waals surface area contributed by atoms with Crippen LogP contribution in [0, 0.1) is 15.9 Å². The van der Waals surface area contributed by atoms with Gasteiger partial charge in [0, 0.05) is 12.1 Å². The van der Waals surface area contributed by atoms with E-state index < -0.39 is 10.7 Å². The van der Waals surface area contributed by atoms with Crippen molar-refractivity contribution in [1.29, 1.82) is 0 Å². The molecule has 2 aromatic rings. The van der Waals surface area contributed by atoms with Crippen molar-refractivity contribution in [3.05, 3.63) is 39.8 Å². The van der Waals surface area contributed by atoms with Crippen LogP contribution in [-0.2, 0) is 0 Å². The summed E-state index contributed by atoms with van der Waals surface area (Å²) in [6.45, 7) is 3.69. The summed E-state index contributed by atoms with van der Waals surface area (Å²) in [4.78, 5) is 10.4. The number of nitro groups is 1. The molecular formula is C11H12FN5O2. The Balaban J connectivity index is 2.71. The quantitative estimate of drug-likeness (QED) is 0.676. The van der Waals surface area contributed by atoms with Gasteiger partial charge < -0.3 is 5.73 Å². The van der Waals surface area contributed by atoms with Gasteiger partial charge in [0.25, 0.3) is 5.69 Å². The van der Waals surface area contributed by atoms with Gasteiger partial charge in [0.1, 0.15) is 11.5 Å². The number of aromatic nitrogens is 3. The molecule has 19 heavy (non-hydrogen) atoms. The molecule has 1 heterocycles. The molecule has 0 aliphatic carbocycles. The molecule has 0 spiro atoms. The topological polar surface area (TPSA) is 99.9 Å². The van der Waals surface area contributed by atoms with Gasteiger partial charge in [-0.25, -0.2) is 9.07 Å².